The molecule has 1 aromatic heterocycles. The van der Waals surface area contributed by atoms with Gasteiger partial charge >= 0.3 is 0 Å². The van der Waals surface area contributed by atoms with Crippen LogP contribution in [0, 0.1) is 6.92 Å². The SMILES string of the molecule is CCC(SC1NC(=O)CC(C)N1)C(=O)Nc1nnc(C)s1. The molecule has 1 aromatic rings. The first-order valence-electron chi connectivity index (χ1n) is 6.79. The number of anilines is 1. The maximum atomic E-state index is 12.3. The summed E-state index contributed by atoms with van der Waals surface area (Å²) in [5.74, 6) is -0.110. The van der Waals surface area contributed by atoms with Crippen LogP contribution in [-0.4, -0.2) is 38.8 Å². The summed E-state index contributed by atoms with van der Waals surface area (Å²) in [4.78, 5) is 23.8. The van der Waals surface area contributed by atoms with E-state index in [9.17, 15) is 9.59 Å². The number of amides is 2. The minimum atomic E-state index is -0.266. The second-order valence-electron chi connectivity index (χ2n) is 4.87. The summed E-state index contributed by atoms with van der Waals surface area (Å²) in [6.07, 6.45) is 1.13. The molecule has 9 heteroatoms. The van der Waals surface area contributed by atoms with Crippen LogP contribution in [0.25, 0.3) is 0 Å². The van der Waals surface area contributed by atoms with Crippen molar-refractivity contribution in [3.63, 3.8) is 0 Å². The number of hydrogen-bond donors (Lipinski definition) is 3. The van der Waals surface area contributed by atoms with Gasteiger partial charge < -0.3 is 5.32 Å². The summed E-state index contributed by atoms with van der Waals surface area (Å²) in [6.45, 7) is 5.73. The number of aromatic nitrogens is 2. The summed E-state index contributed by atoms with van der Waals surface area (Å²) in [6, 6.07) is 0.114. The molecule has 1 fully saturated rings. The molecule has 1 aliphatic heterocycles. The van der Waals surface area contributed by atoms with Crippen molar-refractivity contribution in [1.82, 2.24) is 20.8 Å². The molecule has 1 aliphatic rings. The van der Waals surface area contributed by atoms with Gasteiger partial charge in [-0.25, -0.2) is 0 Å². The zero-order valence-corrected chi connectivity index (χ0v) is 13.8. The van der Waals surface area contributed by atoms with Gasteiger partial charge in [-0.2, -0.15) is 0 Å². The van der Waals surface area contributed by atoms with E-state index in [1.54, 1.807) is 0 Å². The topological polar surface area (TPSA) is 96.0 Å². The number of carbonyl (C=O) groups excluding carboxylic acids is 2. The Hall–Kier alpha value is -1.19. The van der Waals surface area contributed by atoms with Gasteiger partial charge in [0, 0.05) is 12.5 Å². The molecule has 2 heterocycles. The predicted octanol–water partition coefficient (Wildman–Crippen LogP) is 1.08. The van der Waals surface area contributed by atoms with E-state index < -0.39 is 0 Å². The van der Waals surface area contributed by atoms with Crippen LogP contribution >= 0.6 is 23.1 Å². The van der Waals surface area contributed by atoms with Gasteiger partial charge in [-0.1, -0.05) is 18.3 Å². The van der Waals surface area contributed by atoms with Crippen molar-refractivity contribution in [2.24, 2.45) is 0 Å². The molecule has 0 aromatic carbocycles. The Labute approximate surface area is 131 Å². The Morgan fingerprint density at radius 1 is 1.57 bits per heavy atom. The van der Waals surface area contributed by atoms with Gasteiger partial charge in [0.1, 0.15) is 10.5 Å². The fourth-order valence-electron chi connectivity index (χ4n) is 1.96. The predicted molar refractivity (Wildman–Crippen MR) is 84.1 cm³/mol. The van der Waals surface area contributed by atoms with E-state index in [-0.39, 0.29) is 28.6 Å². The van der Waals surface area contributed by atoms with Crippen LogP contribution in [0.1, 0.15) is 31.7 Å². The average molecular weight is 329 g/mol. The number of aryl methyl sites for hydroxylation is 1. The molecule has 21 heavy (non-hydrogen) atoms. The zero-order valence-electron chi connectivity index (χ0n) is 12.2. The molecule has 116 valence electrons. The van der Waals surface area contributed by atoms with Gasteiger partial charge in [0.2, 0.25) is 16.9 Å². The van der Waals surface area contributed by atoms with Crippen molar-refractivity contribution < 1.29 is 9.59 Å². The number of nitrogens with zero attached hydrogens (tertiary/aromatic N) is 2. The number of carbonyl (C=O) groups is 2. The largest absolute Gasteiger partial charge is 0.332 e. The summed E-state index contributed by atoms with van der Waals surface area (Å²) in [5.41, 5.74) is -0.242. The molecule has 0 spiro atoms. The van der Waals surface area contributed by atoms with Gasteiger partial charge in [-0.05, 0) is 20.3 Å². The quantitative estimate of drug-likeness (QED) is 0.748. The summed E-state index contributed by atoms with van der Waals surface area (Å²) < 4.78 is 0. The van der Waals surface area contributed by atoms with Crippen molar-refractivity contribution in [2.45, 2.75) is 50.4 Å². The standard InChI is InChI=1S/C12H19N5O2S2/c1-4-8(10(19)15-12-17-16-7(3)20-12)21-11-13-6(2)5-9(18)14-11/h6,8,11,13H,4-5H2,1-3H3,(H,14,18)(H,15,17,19). The Morgan fingerprint density at radius 2 is 2.33 bits per heavy atom. The minimum Gasteiger partial charge on any atom is -0.332 e. The van der Waals surface area contributed by atoms with E-state index in [1.807, 2.05) is 20.8 Å². The van der Waals surface area contributed by atoms with E-state index in [2.05, 4.69) is 26.1 Å². The third kappa shape index (κ3) is 4.65. The maximum Gasteiger partial charge on any atom is 0.239 e. The number of rotatable bonds is 5. The van der Waals surface area contributed by atoms with E-state index in [1.165, 1.54) is 23.1 Å². The Bertz CT molecular complexity index is 522. The molecular weight excluding hydrogens is 310 g/mol. The van der Waals surface area contributed by atoms with Crippen molar-refractivity contribution in [2.75, 3.05) is 5.32 Å². The van der Waals surface area contributed by atoms with Crippen LogP contribution < -0.4 is 16.0 Å². The first-order valence-corrected chi connectivity index (χ1v) is 8.55. The van der Waals surface area contributed by atoms with Gasteiger partial charge in [0.15, 0.2) is 0 Å². The average Bonchev–Trinajstić information content (AvgIpc) is 2.80. The lowest BCUT2D eigenvalue weighted by atomic mass is 10.2. The Morgan fingerprint density at radius 3 is 2.90 bits per heavy atom. The molecule has 3 atom stereocenters. The van der Waals surface area contributed by atoms with Gasteiger partial charge in [0.25, 0.3) is 0 Å². The van der Waals surface area contributed by atoms with Gasteiger partial charge in [-0.3, -0.25) is 20.2 Å². The Kier molecular flexibility index (Phi) is 5.54. The van der Waals surface area contributed by atoms with E-state index in [4.69, 9.17) is 0 Å². The minimum absolute atomic E-state index is 0.00811. The number of thioether (sulfide) groups is 1. The van der Waals surface area contributed by atoms with Crippen LogP contribution in [0.2, 0.25) is 0 Å². The molecule has 2 rings (SSSR count). The summed E-state index contributed by atoms with van der Waals surface area (Å²) >= 11 is 2.75. The van der Waals surface area contributed by atoms with E-state index in [0.717, 1.165) is 5.01 Å². The molecule has 3 unspecified atom stereocenters. The molecule has 1 saturated heterocycles. The summed E-state index contributed by atoms with van der Waals surface area (Å²) in [7, 11) is 0. The van der Waals surface area contributed by atoms with E-state index in [0.29, 0.717) is 18.0 Å². The molecule has 2 amide bonds. The van der Waals surface area contributed by atoms with Gasteiger partial charge in [0.05, 0.1) is 5.25 Å². The lowest BCUT2D eigenvalue weighted by Crippen LogP contribution is -2.54. The summed E-state index contributed by atoms with van der Waals surface area (Å²) in [5, 5.41) is 17.7. The zero-order chi connectivity index (χ0) is 15.4. The fraction of sp³-hybridized carbons (Fsp3) is 0.667. The van der Waals surface area contributed by atoms with Crippen LogP contribution in [0.4, 0.5) is 5.13 Å². The monoisotopic (exact) mass is 329 g/mol. The second-order valence-corrected chi connectivity index (χ2v) is 7.36. The highest BCUT2D eigenvalue weighted by molar-refractivity contribution is 8.01. The van der Waals surface area contributed by atoms with Crippen molar-refractivity contribution in [3.05, 3.63) is 5.01 Å². The molecule has 0 radical (unpaired) electrons. The maximum absolute atomic E-state index is 12.3. The number of hydrogen-bond acceptors (Lipinski definition) is 7. The van der Waals surface area contributed by atoms with Gasteiger partial charge in [-0.15, -0.1) is 22.0 Å². The highest BCUT2D eigenvalue weighted by atomic mass is 32.2. The normalized spacial score (nSPS) is 23.5. The second kappa shape index (κ2) is 7.19. The fourth-order valence-corrected chi connectivity index (χ4v) is 3.76. The smallest absolute Gasteiger partial charge is 0.239 e. The molecule has 0 saturated carbocycles. The Balaban J connectivity index is 1.92. The third-order valence-corrected chi connectivity index (χ3v) is 5.10. The van der Waals surface area contributed by atoms with Crippen LogP contribution in [-0.2, 0) is 9.59 Å². The lowest BCUT2D eigenvalue weighted by Gasteiger charge is -2.30. The van der Waals surface area contributed by atoms with Crippen molar-refractivity contribution >= 4 is 40.0 Å². The molecule has 0 aliphatic carbocycles. The number of nitrogens with one attached hydrogen (secondary N) is 3. The highest BCUT2D eigenvalue weighted by Crippen LogP contribution is 2.23. The van der Waals surface area contributed by atoms with E-state index >= 15 is 0 Å². The molecule has 7 nitrogen and oxygen atoms in total. The van der Waals surface area contributed by atoms with Crippen LogP contribution in [0.5, 0.6) is 0 Å². The lowest BCUT2D eigenvalue weighted by molar-refractivity contribution is -0.123. The van der Waals surface area contributed by atoms with Crippen molar-refractivity contribution in [3.8, 4) is 0 Å². The first kappa shape index (κ1) is 16.2. The molecule has 0 bridgehead atoms. The molecule has 3 N–H and O–H groups in total. The highest BCUT2D eigenvalue weighted by Gasteiger charge is 2.28. The van der Waals surface area contributed by atoms with Crippen LogP contribution in [0.15, 0.2) is 0 Å². The van der Waals surface area contributed by atoms with Crippen LogP contribution in [0.3, 0.4) is 0 Å². The van der Waals surface area contributed by atoms with Crippen molar-refractivity contribution in [1.29, 1.82) is 0 Å². The third-order valence-electron chi connectivity index (χ3n) is 2.94. The first-order chi connectivity index (χ1) is 9.97. The molecular formula is C12H19N5O2S2.